The summed E-state index contributed by atoms with van der Waals surface area (Å²) in [4.78, 5) is 47.6. The van der Waals surface area contributed by atoms with Gasteiger partial charge in [0.1, 0.15) is 27.2 Å². The fourth-order valence-electron chi connectivity index (χ4n) is 6.23. The van der Waals surface area contributed by atoms with Crippen LogP contribution >= 0.6 is 34.0 Å². The van der Waals surface area contributed by atoms with Gasteiger partial charge in [-0.25, -0.2) is 14.8 Å². The highest BCUT2D eigenvalue weighted by Crippen LogP contribution is 2.38. The van der Waals surface area contributed by atoms with E-state index in [9.17, 15) is 14.4 Å². The van der Waals surface area contributed by atoms with E-state index in [2.05, 4.69) is 41.4 Å². The van der Waals surface area contributed by atoms with Gasteiger partial charge in [0.25, 0.3) is 11.8 Å². The number of thiophene rings is 1. The molecule has 4 aromatic heterocycles. The Kier molecular flexibility index (Phi) is 13.3. The number of rotatable bonds is 11. The van der Waals surface area contributed by atoms with Crippen LogP contribution in [0.5, 0.6) is 11.5 Å². The molecule has 0 aliphatic rings. The van der Waals surface area contributed by atoms with Crippen LogP contribution in [0.1, 0.15) is 36.2 Å². The monoisotopic (exact) mass is 901 g/mol. The second-order valence-corrected chi connectivity index (χ2v) is 17.1. The van der Waals surface area contributed by atoms with Crippen molar-refractivity contribution in [3.63, 3.8) is 0 Å². The minimum absolute atomic E-state index is 0.136. The average Bonchev–Trinajstić information content (AvgIpc) is 4.14. The normalized spacial score (nSPS) is 10.8. The summed E-state index contributed by atoms with van der Waals surface area (Å²) in [5, 5.41) is 22.4. The first-order valence-corrected chi connectivity index (χ1v) is 22.2. The summed E-state index contributed by atoms with van der Waals surface area (Å²) in [6, 6.07) is 43.2. The van der Waals surface area contributed by atoms with Gasteiger partial charge in [-0.2, -0.15) is 5.10 Å². The van der Waals surface area contributed by atoms with E-state index in [-0.39, 0.29) is 17.8 Å². The lowest BCUT2D eigenvalue weighted by Gasteiger charge is -2.09. The molecule has 16 heteroatoms. The van der Waals surface area contributed by atoms with Crippen LogP contribution in [0.15, 0.2) is 145 Å². The Morgan fingerprint density at radius 3 is 2.22 bits per heavy atom. The van der Waals surface area contributed by atoms with Gasteiger partial charge in [-0.15, -0.1) is 22.7 Å². The number of hydrogen-bond donors (Lipinski definition) is 6. The van der Waals surface area contributed by atoms with Crippen LogP contribution in [-0.4, -0.2) is 45.1 Å². The number of amides is 4. The van der Waals surface area contributed by atoms with Crippen molar-refractivity contribution >= 4 is 97.2 Å². The minimum atomic E-state index is -0.364. The van der Waals surface area contributed by atoms with Gasteiger partial charge in [0, 0.05) is 57.3 Å². The van der Waals surface area contributed by atoms with Gasteiger partial charge in [0.2, 0.25) is 0 Å². The van der Waals surface area contributed by atoms with E-state index in [4.69, 9.17) is 10.5 Å². The predicted octanol–water partition coefficient (Wildman–Crippen LogP) is 11.7. The van der Waals surface area contributed by atoms with Crippen LogP contribution in [0.25, 0.3) is 44.2 Å². The summed E-state index contributed by atoms with van der Waals surface area (Å²) in [6.07, 6.45) is 4.03. The van der Waals surface area contributed by atoms with E-state index in [1.807, 2.05) is 146 Å². The summed E-state index contributed by atoms with van der Waals surface area (Å²) in [5.74, 6) is 1.32. The smallest absolute Gasteiger partial charge is 0.320 e. The maximum atomic E-state index is 12.4. The molecule has 0 unspecified atom stereocenters. The number of anilines is 4. The number of nitrogens with zero attached hydrogens (tertiary/aromatic N) is 3. The number of hydrogen-bond acceptors (Lipinski definition) is 11. The zero-order chi connectivity index (χ0) is 44.4. The second kappa shape index (κ2) is 19.9. The van der Waals surface area contributed by atoms with Gasteiger partial charge in [-0.1, -0.05) is 84.1 Å². The number of nitrogen functional groups attached to an aromatic ring is 1. The van der Waals surface area contributed by atoms with Crippen molar-refractivity contribution in [2.45, 2.75) is 6.92 Å². The van der Waals surface area contributed by atoms with E-state index >= 15 is 0 Å². The van der Waals surface area contributed by atoms with Crippen LogP contribution in [0.4, 0.5) is 27.1 Å². The molecule has 7 N–H and O–H groups in total. The molecule has 318 valence electrons. The third-order valence-corrected chi connectivity index (χ3v) is 12.3. The van der Waals surface area contributed by atoms with Crippen molar-refractivity contribution in [2.24, 2.45) is 0 Å². The molecule has 5 aromatic carbocycles. The largest absolute Gasteiger partial charge is 0.457 e. The molecule has 0 aliphatic carbocycles. The van der Waals surface area contributed by atoms with E-state index < -0.39 is 0 Å². The topological polar surface area (TPSA) is 189 Å². The van der Waals surface area contributed by atoms with Gasteiger partial charge in [0.15, 0.2) is 5.13 Å². The molecule has 13 nitrogen and oxygen atoms in total. The number of fused-ring (bicyclic) bond motifs is 1. The summed E-state index contributed by atoms with van der Waals surface area (Å²) < 4.78 is 6.04. The molecule has 0 fully saturated rings. The average molecular weight is 902 g/mol. The number of urea groups is 1. The highest BCUT2D eigenvalue weighted by molar-refractivity contribution is 7.23. The lowest BCUT2D eigenvalue weighted by atomic mass is 10.1. The third kappa shape index (κ3) is 10.7. The van der Waals surface area contributed by atoms with E-state index in [0.717, 1.165) is 38.3 Å². The molecular weight excluding hydrogens is 863 g/mol. The highest BCUT2D eigenvalue weighted by Gasteiger charge is 2.17. The second-order valence-electron chi connectivity index (χ2n) is 13.9. The molecule has 0 saturated carbocycles. The molecule has 0 atom stereocenters. The van der Waals surface area contributed by atoms with Gasteiger partial charge in [-0.3, -0.25) is 20.0 Å². The van der Waals surface area contributed by atoms with Crippen LogP contribution in [-0.2, 0) is 0 Å². The molecule has 0 bridgehead atoms. The van der Waals surface area contributed by atoms with Gasteiger partial charge in [0.05, 0.1) is 21.8 Å². The number of nitrogens with one attached hydrogen (secondary N) is 5. The quantitative estimate of drug-likeness (QED) is 0.0739. The standard InChI is InChI=1S/C28H21N3O2.C20H18N6O2S3/c32-28(21-10-5-2-6-11-21)29-22-12-7-13-23(18-22)33-24-15-16-25-26(30-31-27(25)19-24)17-14-20-8-3-1-4-9-20;1-10-6-7-14(30-10)17(27)23-12-5-3-4-11(8-12)13-9-29-18(24-13)15-16(21)25-20(31-15)26-19(28)22-2/h1-19H,(H,29,32)(H,30,31);3-9H,21H2,1-2H3,(H,23,27)(H2,22,25,26,28)/b17-14+;. The molecule has 0 radical (unpaired) electrons. The zero-order valence-electron chi connectivity index (χ0n) is 34.3. The number of aromatic amines is 1. The number of carbonyl (C=O) groups is 3. The first-order chi connectivity index (χ1) is 31.2. The number of ether oxygens (including phenoxy) is 1. The first-order valence-electron chi connectivity index (χ1n) is 19.7. The van der Waals surface area contributed by atoms with Crippen LogP contribution < -0.4 is 31.7 Å². The fourth-order valence-corrected chi connectivity index (χ4v) is 8.80. The summed E-state index contributed by atoms with van der Waals surface area (Å²) in [5.41, 5.74) is 12.5. The molecular formula is C48H39N9O4S3. The molecule has 0 spiro atoms. The van der Waals surface area contributed by atoms with E-state index in [0.29, 0.717) is 54.1 Å². The number of aryl methyl sites for hydroxylation is 1. The Balaban J connectivity index is 0.000000175. The van der Waals surface area contributed by atoms with Gasteiger partial charge < -0.3 is 26.4 Å². The number of benzene rings is 5. The Morgan fingerprint density at radius 2 is 1.45 bits per heavy atom. The van der Waals surface area contributed by atoms with Crippen LogP contribution in [0.3, 0.4) is 0 Å². The predicted molar refractivity (Wildman–Crippen MR) is 261 cm³/mol. The Hall–Kier alpha value is -7.92. The Morgan fingerprint density at radius 1 is 0.719 bits per heavy atom. The van der Waals surface area contributed by atoms with Crippen molar-refractivity contribution in [1.82, 2.24) is 25.5 Å². The van der Waals surface area contributed by atoms with Crippen molar-refractivity contribution in [1.29, 1.82) is 0 Å². The Bertz CT molecular complexity index is 3100. The summed E-state index contributed by atoms with van der Waals surface area (Å²) >= 11 is 4.15. The molecule has 0 aliphatic heterocycles. The number of H-pyrrole nitrogens is 1. The number of thiazole rings is 2. The van der Waals surface area contributed by atoms with Crippen molar-refractivity contribution in [3.8, 4) is 32.6 Å². The van der Waals surface area contributed by atoms with Crippen molar-refractivity contribution in [2.75, 3.05) is 28.7 Å². The van der Waals surface area contributed by atoms with Gasteiger partial charge in [-0.05, 0) is 79.2 Å². The number of carbonyl (C=O) groups excluding carboxylic acids is 3. The summed E-state index contributed by atoms with van der Waals surface area (Å²) in [7, 11) is 1.53. The number of aromatic nitrogens is 4. The van der Waals surface area contributed by atoms with Crippen LogP contribution in [0.2, 0.25) is 0 Å². The molecule has 4 amide bonds. The molecule has 9 aromatic rings. The molecule has 4 heterocycles. The Labute approximate surface area is 379 Å². The maximum absolute atomic E-state index is 12.4. The highest BCUT2D eigenvalue weighted by atomic mass is 32.1. The van der Waals surface area contributed by atoms with E-state index in [1.165, 1.54) is 41.1 Å². The molecule has 0 saturated heterocycles. The minimum Gasteiger partial charge on any atom is -0.457 e. The van der Waals surface area contributed by atoms with Crippen molar-refractivity contribution in [3.05, 3.63) is 171 Å². The lowest BCUT2D eigenvalue weighted by molar-refractivity contribution is 0.102. The molecule has 64 heavy (non-hydrogen) atoms. The van der Waals surface area contributed by atoms with E-state index in [1.54, 1.807) is 18.2 Å². The first kappa shape index (κ1) is 42.8. The summed E-state index contributed by atoms with van der Waals surface area (Å²) in [6.45, 7) is 1.97. The maximum Gasteiger partial charge on any atom is 0.320 e. The number of nitrogens with two attached hydrogens (primary N) is 1. The lowest BCUT2D eigenvalue weighted by Crippen LogP contribution is -2.24. The third-order valence-electron chi connectivity index (χ3n) is 9.34. The molecule has 9 rings (SSSR count). The fraction of sp³-hybridized carbons (Fsp3) is 0.0417. The zero-order valence-corrected chi connectivity index (χ0v) is 36.7. The van der Waals surface area contributed by atoms with Crippen LogP contribution in [0, 0.1) is 6.92 Å². The van der Waals surface area contributed by atoms with Gasteiger partial charge >= 0.3 is 6.03 Å². The SMILES string of the molecule is CNC(=O)Nc1nc(N)c(-c2nc(-c3cccc(NC(=O)c4ccc(C)s4)c3)cs2)s1.O=C(Nc1cccc(Oc2ccc3c(/C=C/c4ccccc4)n[nH]c3c2)c1)c1ccccc1. The van der Waals surface area contributed by atoms with Crippen molar-refractivity contribution < 1.29 is 19.1 Å².